The molecule has 1 unspecified atom stereocenters. The minimum absolute atomic E-state index is 0.777. The fraction of sp³-hybridized carbons (Fsp3) is 1.00. The molecule has 0 N–H and O–H groups in total. The predicted octanol–water partition coefficient (Wildman–Crippen LogP) is 3.32. The minimum Gasteiger partial charge on any atom is -0.380 e. The molecule has 16 heavy (non-hydrogen) atoms. The van der Waals surface area contributed by atoms with Gasteiger partial charge in [-0.3, -0.25) is 0 Å². The highest BCUT2D eigenvalue weighted by Crippen LogP contribution is 2.15. The van der Waals surface area contributed by atoms with Gasteiger partial charge in [0.1, 0.15) is 0 Å². The van der Waals surface area contributed by atoms with Crippen molar-refractivity contribution in [3.63, 3.8) is 0 Å². The van der Waals surface area contributed by atoms with Crippen LogP contribution in [0.1, 0.15) is 51.9 Å². The van der Waals surface area contributed by atoms with E-state index in [1.54, 1.807) is 0 Å². The molecule has 0 saturated carbocycles. The molecule has 0 spiro atoms. The van der Waals surface area contributed by atoms with Gasteiger partial charge in [0, 0.05) is 13.1 Å². The van der Waals surface area contributed by atoms with Crippen LogP contribution in [-0.2, 0) is 4.74 Å². The van der Waals surface area contributed by atoms with Crippen molar-refractivity contribution < 1.29 is 4.74 Å². The summed E-state index contributed by atoms with van der Waals surface area (Å²) in [5.74, 6) is 0.777. The first-order chi connectivity index (χ1) is 7.83. The number of nitrogens with zero attached hydrogens (tertiary/aromatic N) is 1. The number of hydrogen-bond donors (Lipinski definition) is 0. The number of hydrogen-bond acceptors (Lipinski definition) is 2. The maximum Gasteiger partial charge on any atom is 0.0593 e. The van der Waals surface area contributed by atoms with Gasteiger partial charge < -0.3 is 9.64 Å². The topological polar surface area (TPSA) is 12.5 Å². The maximum atomic E-state index is 5.63. The van der Waals surface area contributed by atoms with Gasteiger partial charge in [0.05, 0.1) is 13.2 Å². The standard InChI is InChI=1S/C14H29NO/c1-3-4-5-6-7-8-9-14-12-15(2)10-11-16-13-14/h14H,3-13H2,1-2H3. The summed E-state index contributed by atoms with van der Waals surface area (Å²) in [5, 5.41) is 0. The number of likely N-dealkylation sites (N-methyl/N-ethyl adjacent to an activating group) is 1. The van der Waals surface area contributed by atoms with Crippen LogP contribution in [0.15, 0.2) is 0 Å². The minimum atomic E-state index is 0.777. The Bertz CT molecular complexity index is 161. The summed E-state index contributed by atoms with van der Waals surface area (Å²) in [7, 11) is 2.21. The Morgan fingerprint density at radius 1 is 1.12 bits per heavy atom. The average Bonchev–Trinajstić information content (AvgIpc) is 2.48. The quantitative estimate of drug-likeness (QED) is 0.619. The Kier molecular flexibility index (Phi) is 7.87. The lowest BCUT2D eigenvalue weighted by Crippen LogP contribution is -2.25. The van der Waals surface area contributed by atoms with E-state index < -0.39 is 0 Å². The highest BCUT2D eigenvalue weighted by Gasteiger charge is 2.15. The summed E-state index contributed by atoms with van der Waals surface area (Å²) in [4.78, 5) is 2.41. The van der Waals surface area contributed by atoms with Crippen LogP contribution in [0.4, 0.5) is 0 Å². The molecule has 96 valence electrons. The van der Waals surface area contributed by atoms with E-state index in [1.165, 1.54) is 51.5 Å². The zero-order valence-electron chi connectivity index (χ0n) is 11.2. The summed E-state index contributed by atoms with van der Waals surface area (Å²) in [6.07, 6.45) is 9.79. The number of ether oxygens (including phenoxy) is 1. The van der Waals surface area contributed by atoms with E-state index in [0.717, 1.165) is 25.7 Å². The molecule has 0 amide bonds. The van der Waals surface area contributed by atoms with Crippen LogP contribution in [0, 0.1) is 5.92 Å². The van der Waals surface area contributed by atoms with E-state index in [2.05, 4.69) is 18.9 Å². The first-order valence-electron chi connectivity index (χ1n) is 7.09. The molecular weight excluding hydrogens is 198 g/mol. The Morgan fingerprint density at radius 3 is 2.69 bits per heavy atom. The molecule has 2 heteroatoms. The molecule has 1 saturated heterocycles. The molecule has 2 nitrogen and oxygen atoms in total. The summed E-state index contributed by atoms with van der Waals surface area (Å²) >= 11 is 0. The third-order valence-electron chi connectivity index (χ3n) is 3.51. The first kappa shape index (κ1) is 14.0. The van der Waals surface area contributed by atoms with Crippen molar-refractivity contribution in [1.82, 2.24) is 4.90 Å². The van der Waals surface area contributed by atoms with Gasteiger partial charge >= 0.3 is 0 Å². The number of unbranched alkanes of at least 4 members (excludes halogenated alkanes) is 5. The second kappa shape index (κ2) is 9.00. The second-order valence-corrected chi connectivity index (χ2v) is 5.26. The Morgan fingerprint density at radius 2 is 1.88 bits per heavy atom. The van der Waals surface area contributed by atoms with Gasteiger partial charge in [-0.15, -0.1) is 0 Å². The fourth-order valence-electron chi connectivity index (χ4n) is 2.44. The Balaban J connectivity index is 1.98. The van der Waals surface area contributed by atoms with Crippen LogP contribution in [-0.4, -0.2) is 38.3 Å². The van der Waals surface area contributed by atoms with Gasteiger partial charge in [0.25, 0.3) is 0 Å². The third-order valence-corrected chi connectivity index (χ3v) is 3.51. The molecule has 1 aliphatic rings. The SMILES string of the molecule is CCCCCCCCC1COCCN(C)C1. The van der Waals surface area contributed by atoms with E-state index >= 15 is 0 Å². The molecule has 1 atom stereocenters. The lowest BCUT2D eigenvalue weighted by Gasteiger charge is -2.18. The van der Waals surface area contributed by atoms with Crippen LogP contribution in [0.5, 0.6) is 0 Å². The fourth-order valence-corrected chi connectivity index (χ4v) is 2.44. The molecule has 0 aromatic carbocycles. The van der Waals surface area contributed by atoms with Crippen molar-refractivity contribution in [3.8, 4) is 0 Å². The number of rotatable bonds is 7. The molecule has 1 rings (SSSR count). The summed E-state index contributed by atoms with van der Waals surface area (Å²) < 4.78 is 5.63. The van der Waals surface area contributed by atoms with Gasteiger partial charge in [0.2, 0.25) is 0 Å². The monoisotopic (exact) mass is 227 g/mol. The van der Waals surface area contributed by atoms with Gasteiger partial charge in [-0.1, -0.05) is 45.4 Å². The van der Waals surface area contributed by atoms with Crippen molar-refractivity contribution in [3.05, 3.63) is 0 Å². The van der Waals surface area contributed by atoms with Crippen LogP contribution in [0.3, 0.4) is 0 Å². The van der Waals surface area contributed by atoms with Crippen LogP contribution < -0.4 is 0 Å². The largest absolute Gasteiger partial charge is 0.380 e. The van der Waals surface area contributed by atoms with E-state index in [-0.39, 0.29) is 0 Å². The second-order valence-electron chi connectivity index (χ2n) is 5.26. The van der Waals surface area contributed by atoms with Crippen LogP contribution in [0.2, 0.25) is 0 Å². The molecular formula is C14H29NO. The lowest BCUT2D eigenvalue weighted by molar-refractivity contribution is 0.119. The third kappa shape index (κ3) is 6.49. The lowest BCUT2D eigenvalue weighted by atomic mass is 10.0. The highest BCUT2D eigenvalue weighted by atomic mass is 16.5. The van der Waals surface area contributed by atoms with Gasteiger partial charge in [0.15, 0.2) is 0 Å². The summed E-state index contributed by atoms with van der Waals surface area (Å²) in [6.45, 7) is 6.52. The van der Waals surface area contributed by atoms with Crippen molar-refractivity contribution in [2.24, 2.45) is 5.92 Å². The average molecular weight is 227 g/mol. The van der Waals surface area contributed by atoms with Gasteiger partial charge in [-0.05, 0) is 19.4 Å². The first-order valence-corrected chi connectivity index (χ1v) is 7.09. The molecule has 1 heterocycles. The predicted molar refractivity (Wildman–Crippen MR) is 69.8 cm³/mol. The smallest absolute Gasteiger partial charge is 0.0593 e. The summed E-state index contributed by atoms with van der Waals surface area (Å²) in [6, 6.07) is 0. The van der Waals surface area contributed by atoms with Crippen LogP contribution >= 0.6 is 0 Å². The van der Waals surface area contributed by atoms with Crippen LogP contribution in [0.25, 0.3) is 0 Å². The summed E-state index contributed by atoms with van der Waals surface area (Å²) in [5.41, 5.74) is 0. The van der Waals surface area contributed by atoms with E-state index in [9.17, 15) is 0 Å². The molecule has 0 aromatic rings. The van der Waals surface area contributed by atoms with Crippen molar-refractivity contribution in [1.29, 1.82) is 0 Å². The van der Waals surface area contributed by atoms with E-state index in [1.807, 2.05) is 0 Å². The molecule has 0 aromatic heterocycles. The highest BCUT2D eigenvalue weighted by molar-refractivity contribution is 4.67. The Hall–Kier alpha value is -0.0800. The zero-order valence-corrected chi connectivity index (χ0v) is 11.2. The van der Waals surface area contributed by atoms with Gasteiger partial charge in [-0.2, -0.15) is 0 Å². The van der Waals surface area contributed by atoms with Crippen molar-refractivity contribution in [2.45, 2.75) is 51.9 Å². The molecule has 0 radical (unpaired) electrons. The van der Waals surface area contributed by atoms with Crippen molar-refractivity contribution in [2.75, 3.05) is 33.4 Å². The van der Waals surface area contributed by atoms with E-state index in [4.69, 9.17) is 4.74 Å². The van der Waals surface area contributed by atoms with E-state index in [0.29, 0.717) is 0 Å². The van der Waals surface area contributed by atoms with Gasteiger partial charge in [-0.25, -0.2) is 0 Å². The maximum absolute atomic E-state index is 5.63. The molecule has 0 aliphatic carbocycles. The molecule has 0 bridgehead atoms. The van der Waals surface area contributed by atoms with Crippen molar-refractivity contribution >= 4 is 0 Å². The zero-order chi connectivity index (χ0) is 11.6. The molecule has 1 aliphatic heterocycles. The molecule has 1 fully saturated rings. The normalized spacial score (nSPS) is 23.2. The Labute approximate surface area is 101 Å².